The second-order valence-corrected chi connectivity index (χ2v) is 13.5. The second-order valence-electron chi connectivity index (χ2n) is 11.4. The van der Waals surface area contributed by atoms with E-state index in [1.807, 2.05) is 24.3 Å². The van der Waals surface area contributed by atoms with E-state index < -0.39 is 15.6 Å². The van der Waals surface area contributed by atoms with Gasteiger partial charge in [-0.25, -0.2) is 17.9 Å². The SMILES string of the molecule is CCCCc1nn(-c2cc(NC(=O)CC)ccc2Cl)c(=O)n1Cc1ccc(-c2ccccc2S(=O)(=O)NC(C)(C)C)cc1. The van der Waals surface area contributed by atoms with Crippen molar-refractivity contribution in [3.63, 3.8) is 0 Å². The molecule has 9 nitrogen and oxygen atoms in total. The summed E-state index contributed by atoms with van der Waals surface area (Å²) < 4.78 is 31.9. The molecule has 11 heteroatoms. The fourth-order valence-electron chi connectivity index (χ4n) is 4.64. The lowest BCUT2D eigenvalue weighted by atomic mass is 10.0. The maximum absolute atomic E-state index is 13.7. The van der Waals surface area contributed by atoms with E-state index in [1.54, 1.807) is 74.7 Å². The molecular weight excluding hydrogens is 586 g/mol. The number of halogens is 1. The van der Waals surface area contributed by atoms with E-state index in [4.69, 9.17) is 11.6 Å². The van der Waals surface area contributed by atoms with Crippen LogP contribution in [-0.4, -0.2) is 34.2 Å². The Morgan fingerprint density at radius 3 is 2.35 bits per heavy atom. The molecule has 0 bridgehead atoms. The van der Waals surface area contributed by atoms with Gasteiger partial charge in [-0.1, -0.05) is 74.3 Å². The third-order valence-corrected chi connectivity index (χ3v) is 8.83. The maximum Gasteiger partial charge on any atom is 0.351 e. The second kappa shape index (κ2) is 13.3. The minimum Gasteiger partial charge on any atom is -0.326 e. The molecule has 0 aliphatic heterocycles. The summed E-state index contributed by atoms with van der Waals surface area (Å²) in [7, 11) is -3.75. The van der Waals surface area contributed by atoms with Crippen LogP contribution in [0, 0.1) is 0 Å². The Balaban J connectivity index is 1.69. The zero-order valence-corrected chi connectivity index (χ0v) is 26.7. The number of anilines is 1. The largest absolute Gasteiger partial charge is 0.351 e. The molecule has 4 rings (SSSR count). The average molecular weight is 624 g/mol. The molecule has 0 unspecified atom stereocenters. The molecule has 3 aromatic carbocycles. The number of nitrogens with one attached hydrogen (secondary N) is 2. The van der Waals surface area contributed by atoms with Crippen LogP contribution in [0.2, 0.25) is 5.02 Å². The van der Waals surface area contributed by atoms with Crippen molar-refractivity contribution in [2.75, 3.05) is 5.32 Å². The van der Waals surface area contributed by atoms with Crippen LogP contribution in [0.25, 0.3) is 16.8 Å². The lowest BCUT2D eigenvalue weighted by molar-refractivity contribution is -0.115. The number of benzene rings is 3. The summed E-state index contributed by atoms with van der Waals surface area (Å²) in [5.41, 5.74) is 2.12. The number of nitrogens with zero attached hydrogens (tertiary/aromatic N) is 3. The van der Waals surface area contributed by atoms with E-state index in [9.17, 15) is 18.0 Å². The van der Waals surface area contributed by atoms with Crippen LogP contribution in [0.3, 0.4) is 0 Å². The number of hydrogen-bond acceptors (Lipinski definition) is 5. The van der Waals surface area contributed by atoms with Gasteiger partial charge in [0.15, 0.2) is 0 Å². The van der Waals surface area contributed by atoms with Crippen LogP contribution in [0.5, 0.6) is 0 Å². The highest BCUT2D eigenvalue weighted by atomic mass is 35.5. The number of carbonyl (C=O) groups excluding carboxylic acids is 1. The molecule has 0 aliphatic carbocycles. The van der Waals surface area contributed by atoms with E-state index >= 15 is 0 Å². The van der Waals surface area contributed by atoms with Gasteiger partial charge in [0.25, 0.3) is 0 Å². The lowest BCUT2D eigenvalue weighted by Crippen LogP contribution is -2.40. The normalized spacial score (nSPS) is 12.0. The van der Waals surface area contributed by atoms with E-state index in [-0.39, 0.29) is 23.0 Å². The third kappa shape index (κ3) is 7.81. The van der Waals surface area contributed by atoms with E-state index in [2.05, 4.69) is 22.1 Å². The molecule has 4 aromatic rings. The molecule has 228 valence electrons. The topological polar surface area (TPSA) is 115 Å². The van der Waals surface area contributed by atoms with Crippen LogP contribution < -0.4 is 15.7 Å². The van der Waals surface area contributed by atoms with Crippen molar-refractivity contribution in [1.29, 1.82) is 0 Å². The first-order chi connectivity index (χ1) is 20.3. The van der Waals surface area contributed by atoms with E-state index in [1.165, 1.54) is 4.68 Å². The zero-order chi connectivity index (χ0) is 31.4. The van der Waals surface area contributed by atoms with Crippen molar-refractivity contribution in [2.24, 2.45) is 0 Å². The summed E-state index contributed by atoms with van der Waals surface area (Å²) in [6.45, 7) is 9.51. The minimum atomic E-state index is -3.75. The van der Waals surface area contributed by atoms with Gasteiger partial charge < -0.3 is 5.32 Å². The van der Waals surface area contributed by atoms with Gasteiger partial charge in [-0.3, -0.25) is 9.36 Å². The number of carbonyl (C=O) groups is 1. The van der Waals surface area contributed by atoms with Crippen molar-refractivity contribution in [2.45, 2.75) is 77.3 Å². The molecule has 0 aliphatic rings. The van der Waals surface area contributed by atoms with E-state index in [0.717, 1.165) is 24.0 Å². The quantitative estimate of drug-likeness (QED) is 0.207. The molecule has 1 amide bonds. The zero-order valence-electron chi connectivity index (χ0n) is 25.1. The van der Waals surface area contributed by atoms with Gasteiger partial charge in [-0.2, -0.15) is 4.68 Å². The van der Waals surface area contributed by atoms with Gasteiger partial charge in [0.05, 0.1) is 22.2 Å². The molecule has 0 saturated carbocycles. The Kier molecular flexibility index (Phi) is 9.94. The summed E-state index contributed by atoms with van der Waals surface area (Å²) in [4.78, 5) is 25.8. The highest BCUT2D eigenvalue weighted by molar-refractivity contribution is 7.89. The minimum absolute atomic E-state index is 0.149. The van der Waals surface area contributed by atoms with Gasteiger partial charge in [0.1, 0.15) is 5.82 Å². The number of aromatic nitrogens is 3. The molecule has 2 N–H and O–H groups in total. The van der Waals surface area contributed by atoms with Crippen LogP contribution >= 0.6 is 11.6 Å². The monoisotopic (exact) mass is 623 g/mol. The van der Waals surface area contributed by atoms with Gasteiger partial charge in [0, 0.05) is 29.6 Å². The summed E-state index contributed by atoms with van der Waals surface area (Å²) in [5, 5.41) is 7.78. The van der Waals surface area contributed by atoms with Crippen molar-refractivity contribution < 1.29 is 13.2 Å². The molecule has 1 aromatic heterocycles. The van der Waals surface area contributed by atoms with Crippen LogP contribution in [0.15, 0.2) is 76.4 Å². The highest BCUT2D eigenvalue weighted by Crippen LogP contribution is 2.29. The molecule has 0 fully saturated rings. The number of hydrogen-bond donors (Lipinski definition) is 2. The molecule has 0 radical (unpaired) electrons. The first kappa shape index (κ1) is 32.2. The summed E-state index contributed by atoms with van der Waals surface area (Å²) >= 11 is 6.49. The van der Waals surface area contributed by atoms with Gasteiger partial charge in [0.2, 0.25) is 15.9 Å². The molecule has 1 heterocycles. The Morgan fingerprint density at radius 2 is 1.70 bits per heavy atom. The number of amides is 1. The highest BCUT2D eigenvalue weighted by Gasteiger charge is 2.25. The van der Waals surface area contributed by atoms with E-state index in [0.29, 0.717) is 40.6 Å². The summed E-state index contributed by atoms with van der Waals surface area (Å²) in [5.74, 6) is 0.476. The Hall–Kier alpha value is -3.73. The fourth-order valence-corrected chi connectivity index (χ4v) is 6.49. The third-order valence-electron chi connectivity index (χ3n) is 6.69. The number of sulfonamides is 1. The van der Waals surface area contributed by atoms with Gasteiger partial charge in [-0.05, 0) is 62.6 Å². The summed E-state index contributed by atoms with van der Waals surface area (Å²) in [6.07, 6.45) is 2.71. The molecular formula is C32H38ClN5O4S. The van der Waals surface area contributed by atoms with Gasteiger partial charge in [-0.15, -0.1) is 5.10 Å². The van der Waals surface area contributed by atoms with Crippen molar-refractivity contribution in [1.82, 2.24) is 19.1 Å². The predicted octanol–water partition coefficient (Wildman–Crippen LogP) is 6.17. The Morgan fingerprint density at radius 1 is 1.00 bits per heavy atom. The van der Waals surface area contributed by atoms with Crippen molar-refractivity contribution >= 4 is 33.2 Å². The van der Waals surface area contributed by atoms with Crippen LogP contribution in [0.1, 0.15) is 65.3 Å². The molecule has 0 spiro atoms. The molecule has 0 atom stereocenters. The molecule has 0 saturated heterocycles. The number of unbranched alkanes of at least 4 members (excludes halogenated alkanes) is 1. The van der Waals surface area contributed by atoms with Crippen LogP contribution in [0.4, 0.5) is 5.69 Å². The first-order valence-electron chi connectivity index (χ1n) is 14.3. The smallest absolute Gasteiger partial charge is 0.326 e. The number of aryl methyl sites for hydroxylation is 1. The van der Waals surface area contributed by atoms with Crippen molar-refractivity contribution in [3.8, 4) is 16.8 Å². The van der Waals surface area contributed by atoms with Gasteiger partial charge >= 0.3 is 5.69 Å². The Labute approximate surface area is 258 Å². The number of rotatable bonds is 11. The predicted molar refractivity (Wildman–Crippen MR) is 171 cm³/mol. The maximum atomic E-state index is 13.7. The van der Waals surface area contributed by atoms with Crippen molar-refractivity contribution in [3.05, 3.63) is 93.6 Å². The summed E-state index contributed by atoms with van der Waals surface area (Å²) in [6, 6.07) is 19.3. The standard InChI is InChI=1S/C32H38ClN5O4S/c1-6-8-13-29-35-38(27-20-24(18-19-26(27)33)34-30(39)7-2)31(40)37(29)21-22-14-16-23(17-15-22)25-11-9-10-12-28(25)43(41,42)36-32(3,4)5/h9-12,14-20,36H,6-8,13,21H2,1-5H3,(H,34,39). The van der Waals surface area contributed by atoms with Crippen LogP contribution in [-0.2, 0) is 27.8 Å². The Bertz CT molecular complexity index is 1770. The fraction of sp³-hybridized carbons (Fsp3) is 0.344. The lowest BCUT2D eigenvalue weighted by Gasteiger charge is -2.21. The molecule has 43 heavy (non-hydrogen) atoms. The first-order valence-corrected chi connectivity index (χ1v) is 16.2. The average Bonchev–Trinajstić information content (AvgIpc) is 3.26.